The zero-order valence-electron chi connectivity index (χ0n) is 10.2. The molecule has 1 aliphatic heterocycles. The second-order valence-electron chi connectivity index (χ2n) is 4.25. The molecule has 0 unspecified atom stereocenters. The summed E-state index contributed by atoms with van der Waals surface area (Å²) in [5, 5.41) is 2.94. The minimum Gasteiger partial charge on any atom is -0.329 e. The number of hydrogen-bond acceptors (Lipinski definition) is 3. The van der Waals surface area contributed by atoms with Crippen molar-refractivity contribution in [1.82, 2.24) is 5.01 Å². The van der Waals surface area contributed by atoms with Crippen molar-refractivity contribution in [2.75, 3.05) is 24.6 Å². The van der Waals surface area contributed by atoms with Crippen LogP contribution in [0.25, 0.3) is 0 Å². The van der Waals surface area contributed by atoms with Gasteiger partial charge in [0.2, 0.25) is 5.91 Å². The smallest absolute Gasteiger partial charge is 0.329 e. The van der Waals surface area contributed by atoms with E-state index >= 15 is 0 Å². The van der Waals surface area contributed by atoms with Gasteiger partial charge in [-0.05, 0) is 18.2 Å². The van der Waals surface area contributed by atoms with E-state index in [-0.39, 0.29) is 18.0 Å². The summed E-state index contributed by atoms with van der Waals surface area (Å²) in [4.78, 5) is 11.8. The second-order valence-corrected chi connectivity index (χ2v) is 4.25. The molecule has 0 radical (unpaired) electrons. The number of carbonyl (C=O) groups is 1. The highest BCUT2D eigenvalue weighted by molar-refractivity contribution is 5.94. The Kier molecular flexibility index (Phi) is 3.77. The highest BCUT2D eigenvalue weighted by Gasteiger charge is 2.34. The van der Waals surface area contributed by atoms with Gasteiger partial charge in [-0.3, -0.25) is 4.79 Å². The maximum atomic E-state index is 12.7. The lowest BCUT2D eigenvalue weighted by atomic mass is 10.2. The van der Waals surface area contributed by atoms with Crippen LogP contribution in [0.3, 0.4) is 0 Å². The Hall–Kier alpha value is -1.60. The van der Waals surface area contributed by atoms with Gasteiger partial charge in [0.15, 0.2) is 0 Å². The van der Waals surface area contributed by atoms with Gasteiger partial charge >= 0.3 is 6.18 Å². The minimum atomic E-state index is -4.42. The first-order chi connectivity index (χ1) is 8.93. The van der Waals surface area contributed by atoms with Crippen LogP contribution in [-0.2, 0) is 11.0 Å². The molecular formula is C12H14F3N3O. The quantitative estimate of drug-likeness (QED) is 0.910. The molecule has 1 fully saturated rings. The molecule has 1 heterocycles. The molecule has 7 heteroatoms. The van der Waals surface area contributed by atoms with E-state index < -0.39 is 11.7 Å². The number of benzene rings is 1. The fraction of sp³-hybridized carbons (Fsp3) is 0.417. The maximum absolute atomic E-state index is 12.7. The number of nitrogens with zero attached hydrogens (tertiary/aromatic N) is 2. The van der Waals surface area contributed by atoms with Gasteiger partial charge in [0.05, 0.1) is 11.3 Å². The summed E-state index contributed by atoms with van der Waals surface area (Å²) < 4.78 is 38.0. The minimum absolute atomic E-state index is 0.215. The summed E-state index contributed by atoms with van der Waals surface area (Å²) in [6.45, 7) is 1.25. The first-order valence-electron chi connectivity index (χ1n) is 5.88. The average molecular weight is 273 g/mol. The van der Waals surface area contributed by atoms with Crippen LogP contribution in [0.2, 0.25) is 0 Å². The fourth-order valence-corrected chi connectivity index (χ4v) is 2.07. The van der Waals surface area contributed by atoms with E-state index in [4.69, 9.17) is 5.73 Å². The van der Waals surface area contributed by atoms with Crippen LogP contribution in [0.5, 0.6) is 0 Å². The van der Waals surface area contributed by atoms with Crippen molar-refractivity contribution in [3.05, 3.63) is 29.8 Å². The zero-order chi connectivity index (χ0) is 14.0. The Morgan fingerprint density at radius 2 is 2.05 bits per heavy atom. The molecule has 1 saturated heterocycles. The van der Waals surface area contributed by atoms with Gasteiger partial charge in [-0.15, -0.1) is 0 Å². The molecule has 0 aliphatic carbocycles. The van der Waals surface area contributed by atoms with Crippen LogP contribution >= 0.6 is 0 Å². The number of halogens is 3. The molecule has 0 bridgehead atoms. The average Bonchev–Trinajstić information content (AvgIpc) is 2.70. The number of hydrogen-bond donors (Lipinski definition) is 1. The van der Waals surface area contributed by atoms with Gasteiger partial charge in [-0.1, -0.05) is 6.07 Å². The molecule has 0 aromatic heterocycles. The number of alkyl halides is 3. The number of nitrogens with two attached hydrogens (primary N) is 1. The maximum Gasteiger partial charge on any atom is 0.416 e. The van der Waals surface area contributed by atoms with Crippen LogP contribution in [0, 0.1) is 0 Å². The number of hydrazine groups is 1. The van der Waals surface area contributed by atoms with Crippen LogP contribution in [0.4, 0.5) is 18.9 Å². The third-order valence-electron chi connectivity index (χ3n) is 2.91. The third kappa shape index (κ3) is 2.87. The molecule has 19 heavy (non-hydrogen) atoms. The van der Waals surface area contributed by atoms with Crippen LogP contribution in [0.1, 0.15) is 12.0 Å². The normalized spacial score (nSPS) is 17.3. The number of carbonyl (C=O) groups excluding carboxylic acids is 1. The predicted octanol–water partition coefficient (Wildman–Crippen LogP) is 1.62. The van der Waals surface area contributed by atoms with Gasteiger partial charge in [-0.2, -0.15) is 13.2 Å². The van der Waals surface area contributed by atoms with Crippen LogP contribution < -0.4 is 10.7 Å². The highest BCUT2D eigenvalue weighted by Crippen LogP contribution is 2.32. The molecule has 0 saturated carbocycles. The van der Waals surface area contributed by atoms with E-state index in [2.05, 4.69) is 0 Å². The Labute approximate surface area is 108 Å². The molecule has 0 atom stereocenters. The number of rotatable bonds is 3. The summed E-state index contributed by atoms with van der Waals surface area (Å²) in [5.74, 6) is -0.215. The van der Waals surface area contributed by atoms with Gasteiger partial charge in [0.25, 0.3) is 0 Å². The van der Waals surface area contributed by atoms with E-state index in [1.54, 1.807) is 5.01 Å². The van der Waals surface area contributed by atoms with Crippen molar-refractivity contribution in [2.45, 2.75) is 12.6 Å². The second kappa shape index (κ2) is 5.18. The standard InChI is InChI=1S/C12H14F3N3O/c13-12(14,15)9-2-1-3-10(8-9)18-11(19)4-6-17(18)7-5-16/h1-3,8H,4-7,16H2. The van der Waals surface area contributed by atoms with Crippen LogP contribution in [-0.4, -0.2) is 30.6 Å². The lowest BCUT2D eigenvalue weighted by molar-refractivity contribution is -0.137. The molecule has 2 rings (SSSR count). The van der Waals surface area contributed by atoms with E-state index in [9.17, 15) is 18.0 Å². The summed E-state index contributed by atoms with van der Waals surface area (Å²) in [7, 11) is 0. The molecule has 1 aliphatic rings. The summed E-state index contributed by atoms with van der Waals surface area (Å²) in [5.41, 5.74) is 4.89. The van der Waals surface area contributed by atoms with Crippen molar-refractivity contribution in [3.8, 4) is 0 Å². The molecule has 104 valence electrons. The van der Waals surface area contributed by atoms with Gasteiger partial charge in [0.1, 0.15) is 0 Å². The van der Waals surface area contributed by atoms with Gasteiger partial charge < -0.3 is 5.73 Å². The topological polar surface area (TPSA) is 49.6 Å². The summed E-state index contributed by atoms with van der Waals surface area (Å²) >= 11 is 0. The molecular weight excluding hydrogens is 259 g/mol. The van der Waals surface area contributed by atoms with Crippen molar-refractivity contribution < 1.29 is 18.0 Å². The molecule has 1 amide bonds. The van der Waals surface area contributed by atoms with E-state index in [1.165, 1.54) is 17.1 Å². The first kappa shape index (κ1) is 13.8. The molecule has 1 aromatic carbocycles. The van der Waals surface area contributed by atoms with Crippen molar-refractivity contribution in [3.63, 3.8) is 0 Å². The first-order valence-corrected chi connectivity index (χ1v) is 5.88. The Balaban J connectivity index is 2.32. The molecule has 2 N–H and O–H groups in total. The van der Waals surface area contributed by atoms with Gasteiger partial charge in [-0.25, -0.2) is 10.0 Å². The lowest BCUT2D eigenvalue weighted by Gasteiger charge is -2.27. The largest absolute Gasteiger partial charge is 0.416 e. The molecule has 0 spiro atoms. The Bertz CT molecular complexity index is 476. The Morgan fingerprint density at radius 1 is 1.32 bits per heavy atom. The number of amides is 1. The van der Waals surface area contributed by atoms with E-state index in [1.807, 2.05) is 0 Å². The SMILES string of the molecule is NCCN1CCC(=O)N1c1cccc(C(F)(F)F)c1. The Morgan fingerprint density at radius 3 is 2.68 bits per heavy atom. The highest BCUT2D eigenvalue weighted by atomic mass is 19.4. The van der Waals surface area contributed by atoms with Crippen molar-refractivity contribution >= 4 is 11.6 Å². The number of anilines is 1. The van der Waals surface area contributed by atoms with Crippen LogP contribution in [0.15, 0.2) is 24.3 Å². The summed E-state index contributed by atoms with van der Waals surface area (Å²) in [6, 6.07) is 4.75. The zero-order valence-corrected chi connectivity index (χ0v) is 10.2. The monoisotopic (exact) mass is 273 g/mol. The van der Waals surface area contributed by atoms with E-state index in [0.29, 0.717) is 19.6 Å². The van der Waals surface area contributed by atoms with E-state index in [0.717, 1.165) is 12.1 Å². The third-order valence-corrected chi connectivity index (χ3v) is 2.91. The predicted molar refractivity (Wildman–Crippen MR) is 64.2 cm³/mol. The summed E-state index contributed by atoms with van der Waals surface area (Å²) in [6.07, 6.45) is -4.13. The fourth-order valence-electron chi connectivity index (χ4n) is 2.07. The molecule has 1 aromatic rings. The van der Waals surface area contributed by atoms with Crippen molar-refractivity contribution in [1.29, 1.82) is 0 Å². The van der Waals surface area contributed by atoms with Crippen molar-refractivity contribution in [2.24, 2.45) is 5.73 Å². The van der Waals surface area contributed by atoms with Gasteiger partial charge in [0, 0.05) is 26.1 Å². The molecule has 4 nitrogen and oxygen atoms in total. The lowest BCUT2D eigenvalue weighted by Crippen LogP contribution is -2.41.